The summed E-state index contributed by atoms with van der Waals surface area (Å²) in [5, 5.41) is 2.95. The van der Waals surface area contributed by atoms with E-state index in [0.29, 0.717) is 0 Å². The van der Waals surface area contributed by atoms with Crippen LogP contribution in [-0.4, -0.2) is 18.5 Å². The maximum atomic E-state index is 10.8. The molecule has 0 fully saturated rings. The zero-order valence-electron chi connectivity index (χ0n) is 9.59. The van der Waals surface area contributed by atoms with Crippen LogP contribution in [0.2, 0.25) is 0 Å². The van der Waals surface area contributed by atoms with Gasteiger partial charge in [-0.1, -0.05) is 44.9 Å². The maximum absolute atomic E-state index is 10.8. The number of carbonyl (C=O) groups is 1. The van der Waals surface area contributed by atoms with E-state index in [-0.39, 0.29) is 0 Å². The molecule has 1 atom stereocenters. The Morgan fingerprint density at radius 3 is 2.47 bits per heavy atom. The quantitative estimate of drug-likeness (QED) is 0.447. The lowest BCUT2D eigenvalue weighted by atomic mass is 10.1. The van der Waals surface area contributed by atoms with E-state index in [1.165, 1.54) is 32.1 Å². The maximum Gasteiger partial charge on any atom is 0.247 e. The predicted molar refractivity (Wildman–Crippen MR) is 63.2 cm³/mol. The minimum Gasteiger partial charge on any atom is -0.367 e. The van der Waals surface area contributed by atoms with Crippen LogP contribution in [0.1, 0.15) is 45.4 Å². The highest BCUT2D eigenvalue weighted by molar-refractivity contribution is 5.83. The highest BCUT2D eigenvalue weighted by Crippen LogP contribution is 2.04. The summed E-state index contributed by atoms with van der Waals surface area (Å²) in [7, 11) is 0. The summed E-state index contributed by atoms with van der Waals surface area (Å²) in [6.07, 6.45) is 12.5. The molecule has 0 aromatic rings. The van der Waals surface area contributed by atoms with E-state index < -0.39 is 11.9 Å². The van der Waals surface area contributed by atoms with Gasteiger partial charge in [0.2, 0.25) is 5.91 Å². The van der Waals surface area contributed by atoms with Gasteiger partial charge < -0.3 is 5.73 Å². The Hall–Kier alpha value is -1.01. The van der Waals surface area contributed by atoms with E-state index in [2.05, 4.69) is 18.2 Å². The van der Waals surface area contributed by atoms with E-state index >= 15 is 0 Å². The molecule has 15 heavy (non-hydrogen) atoms. The monoisotopic (exact) mass is 210 g/mol. The standard InChI is InChI=1S/C12H22N2O/c1-3-5-6-7-8-9-10-14-11(4-2)12(13)15/h2,11,14H,3,5-10H2,1H3,(H2,13,15). The number of rotatable bonds is 9. The van der Waals surface area contributed by atoms with Crippen molar-refractivity contribution < 1.29 is 4.79 Å². The normalized spacial score (nSPS) is 12.0. The molecular formula is C12H22N2O. The van der Waals surface area contributed by atoms with Crippen molar-refractivity contribution in [3.05, 3.63) is 0 Å². The zero-order valence-corrected chi connectivity index (χ0v) is 9.59. The Bertz CT molecular complexity index is 208. The molecule has 3 N–H and O–H groups in total. The molecule has 0 saturated heterocycles. The largest absolute Gasteiger partial charge is 0.367 e. The van der Waals surface area contributed by atoms with Crippen LogP contribution in [0.4, 0.5) is 0 Å². The van der Waals surface area contributed by atoms with Crippen molar-refractivity contribution in [2.24, 2.45) is 5.73 Å². The van der Waals surface area contributed by atoms with E-state index in [4.69, 9.17) is 12.2 Å². The molecule has 3 nitrogen and oxygen atoms in total. The highest BCUT2D eigenvalue weighted by Gasteiger charge is 2.08. The van der Waals surface area contributed by atoms with E-state index in [1.807, 2.05) is 0 Å². The number of terminal acetylenes is 1. The minimum absolute atomic E-state index is 0.469. The van der Waals surface area contributed by atoms with Gasteiger partial charge in [-0.2, -0.15) is 0 Å². The number of primary amides is 1. The van der Waals surface area contributed by atoms with Crippen molar-refractivity contribution in [2.75, 3.05) is 6.54 Å². The average molecular weight is 210 g/mol. The fourth-order valence-electron chi connectivity index (χ4n) is 1.39. The van der Waals surface area contributed by atoms with Gasteiger partial charge in [0.25, 0.3) is 0 Å². The SMILES string of the molecule is C#CC(NCCCCCCCC)C(N)=O. The molecule has 0 saturated carbocycles. The number of amides is 1. The van der Waals surface area contributed by atoms with Crippen LogP contribution >= 0.6 is 0 Å². The van der Waals surface area contributed by atoms with Crippen LogP contribution in [0.15, 0.2) is 0 Å². The summed E-state index contributed by atoms with van der Waals surface area (Å²) in [4.78, 5) is 10.8. The van der Waals surface area contributed by atoms with Crippen LogP contribution in [-0.2, 0) is 4.79 Å². The lowest BCUT2D eigenvalue weighted by Gasteiger charge is -2.08. The molecule has 0 aliphatic carbocycles. The molecule has 0 aromatic heterocycles. The van der Waals surface area contributed by atoms with Crippen molar-refractivity contribution in [3.8, 4) is 12.3 Å². The Morgan fingerprint density at radius 1 is 1.33 bits per heavy atom. The Labute approximate surface area is 92.8 Å². The molecule has 0 heterocycles. The van der Waals surface area contributed by atoms with Crippen LogP contribution < -0.4 is 11.1 Å². The lowest BCUT2D eigenvalue weighted by Crippen LogP contribution is -2.40. The van der Waals surface area contributed by atoms with Gasteiger partial charge in [0.05, 0.1) is 0 Å². The van der Waals surface area contributed by atoms with Gasteiger partial charge >= 0.3 is 0 Å². The number of nitrogens with two attached hydrogens (primary N) is 1. The van der Waals surface area contributed by atoms with Gasteiger partial charge in [0.15, 0.2) is 0 Å². The smallest absolute Gasteiger partial charge is 0.247 e. The van der Waals surface area contributed by atoms with E-state index in [1.54, 1.807) is 0 Å². The van der Waals surface area contributed by atoms with Gasteiger partial charge in [-0.25, -0.2) is 0 Å². The van der Waals surface area contributed by atoms with E-state index in [9.17, 15) is 4.79 Å². The molecule has 0 aromatic carbocycles. The van der Waals surface area contributed by atoms with E-state index in [0.717, 1.165) is 13.0 Å². The van der Waals surface area contributed by atoms with Crippen LogP contribution in [0.5, 0.6) is 0 Å². The molecule has 0 spiro atoms. The van der Waals surface area contributed by atoms with Crippen molar-refractivity contribution in [2.45, 2.75) is 51.5 Å². The number of unbranched alkanes of at least 4 members (excludes halogenated alkanes) is 5. The second kappa shape index (κ2) is 9.54. The van der Waals surface area contributed by atoms with Crippen molar-refractivity contribution in [3.63, 3.8) is 0 Å². The van der Waals surface area contributed by atoms with Crippen LogP contribution in [0.25, 0.3) is 0 Å². The predicted octanol–water partition coefficient (Wildman–Crippen LogP) is 1.42. The zero-order chi connectivity index (χ0) is 11.5. The van der Waals surface area contributed by atoms with Gasteiger partial charge in [-0.3, -0.25) is 10.1 Å². The Balaban J connectivity index is 3.30. The third-order valence-electron chi connectivity index (χ3n) is 2.33. The van der Waals surface area contributed by atoms with Crippen LogP contribution in [0, 0.1) is 12.3 Å². The Kier molecular flexibility index (Phi) is 8.90. The topological polar surface area (TPSA) is 55.1 Å². The molecule has 0 radical (unpaired) electrons. The second-order valence-electron chi connectivity index (χ2n) is 3.72. The minimum atomic E-state index is -0.611. The lowest BCUT2D eigenvalue weighted by molar-refractivity contribution is -0.118. The first-order valence-corrected chi connectivity index (χ1v) is 5.71. The second-order valence-corrected chi connectivity index (χ2v) is 3.72. The van der Waals surface area contributed by atoms with Crippen molar-refractivity contribution in [1.29, 1.82) is 0 Å². The molecule has 1 unspecified atom stereocenters. The molecule has 0 aliphatic heterocycles. The number of carbonyl (C=O) groups excluding carboxylic acids is 1. The molecule has 0 bridgehead atoms. The van der Waals surface area contributed by atoms with Crippen molar-refractivity contribution in [1.82, 2.24) is 5.32 Å². The first-order chi connectivity index (χ1) is 7.22. The fourth-order valence-corrected chi connectivity index (χ4v) is 1.39. The summed E-state index contributed by atoms with van der Waals surface area (Å²) in [5.41, 5.74) is 5.08. The van der Waals surface area contributed by atoms with Crippen LogP contribution in [0.3, 0.4) is 0 Å². The van der Waals surface area contributed by atoms with Gasteiger partial charge in [0, 0.05) is 0 Å². The third kappa shape index (κ3) is 8.02. The van der Waals surface area contributed by atoms with Gasteiger partial charge in [0.1, 0.15) is 6.04 Å². The molecule has 0 aliphatic rings. The molecule has 1 amide bonds. The van der Waals surface area contributed by atoms with Gasteiger partial charge in [-0.15, -0.1) is 6.42 Å². The molecular weight excluding hydrogens is 188 g/mol. The molecule has 0 rings (SSSR count). The first-order valence-electron chi connectivity index (χ1n) is 5.71. The summed E-state index contributed by atoms with van der Waals surface area (Å²) < 4.78 is 0. The van der Waals surface area contributed by atoms with Gasteiger partial charge in [-0.05, 0) is 13.0 Å². The number of nitrogens with one attached hydrogen (secondary N) is 1. The van der Waals surface area contributed by atoms with Crippen molar-refractivity contribution >= 4 is 5.91 Å². The summed E-state index contributed by atoms with van der Waals surface area (Å²) in [6.45, 7) is 2.97. The Morgan fingerprint density at radius 2 is 1.93 bits per heavy atom. The summed E-state index contributed by atoms with van der Waals surface area (Å²) in [5.74, 6) is 1.86. The summed E-state index contributed by atoms with van der Waals surface area (Å²) >= 11 is 0. The number of hydrogen-bond acceptors (Lipinski definition) is 2. The molecule has 3 heteroatoms. The third-order valence-corrected chi connectivity index (χ3v) is 2.33. The average Bonchev–Trinajstić information content (AvgIpc) is 2.21. The fraction of sp³-hybridized carbons (Fsp3) is 0.750. The first kappa shape index (κ1) is 14.0. The highest BCUT2D eigenvalue weighted by atomic mass is 16.1. The molecule has 86 valence electrons. The number of hydrogen-bond donors (Lipinski definition) is 2. The summed E-state index contributed by atoms with van der Waals surface area (Å²) in [6, 6.07) is -0.611.